The molecular weight excluding hydrogens is 274 g/mol. The monoisotopic (exact) mass is 301 g/mol. The molecule has 22 heavy (non-hydrogen) atoms. The SMILES string of the molecule is N#CC1CCC(C2CCC(C/C=C/C=C/C(=O)O)CC2)CC1. The molecule has 0 aliphatic heterocycles. The summed E-state index contributed by atoms with van der Waals surface area (Å²) >= 11 is 0. The first kappa shape index (κ1) is 16.8. The van der Waals surface area contributed by atoms with E-state index in [0.717, 1.165) is 37.0 Å². The average Bonchev–Trinajstić information content (AvgIpc) is 2.55. The summed E-state index contributed by atoms with van der Waals surface area (Å²) in [5.74, 6) is 1.93. The second kappa shape index (κ2) is 8.78. The van der Waals surface area contributed by atoms with Crippen molar-refractivity contribution in [2.24, 2.45) is 23.7 Å². The van der Waals surface area contributed by atoms with Crippen molar-refractivity contribution < 1.29 is 9.90 Å². The van der Waals surface area contributed by atoms with Crippen LogP contribution >= 0.6 is 0 Å². The van der Waals surface area contributed by atoms with E-state index in [4.69, 9.17) is 10.4 Å². The number of carboxylic acids is 1. The van der Waals surface area contributed by atoms with Crippen molar-refractivity contribution in [1.29, 1.82) is 5.26 Å². The fourth-order valence-electron chi connectivity index (χ4n) is 4.10. The van der Waals surface area contributed by atoms with Crippen LogP contribution in [-0.4, -0.2) is 11.1 Å². The standard InChI is InChI=1S/C19H27NO2/c20-14-16-8-12-18(13-9-16)17-10-6-15(7-11-17)4-2-1-3-5-19(21)22/h1-3,5,15-18H,4,6-13H2,(H,21,22)/b2-1+,5-3+. The first-order chi connectivity index (χ1) is 10.7. The van der Waals surface area contributed by atoms with Crippen molar-refractivity contribution in [3.63, 3.8) is 0 Å². The van der Waals surface area contributed by atoms with Crippen LogP contribution < -0.4 is 0 Å². The third-order valence-corrected chi connectivity index (χ3v) is 5.47. The number of carbonyl (C=O) groups is 1. The van der Waals surface area contributed by atoms with E-state index in [1.54, 1.807) is 6.08 Å². The van der Waals surface area contributed by atoms with Gasteiger partial charge in [-0.25, -0.2) is 4.79 Å². The first-order valence-corrected chi connectivity index (χ1v) is 8.64. The van der Waals surface area contributed by atoms with Crippen molar-refractivity contribution in [2.45, 2.75) is 57.8 Å². The van der Waals surface area contributed by atoms with Gasteiger partial charge >= 0.3 is 5.97 Å². The van der Waals surface area contributed by atoms with Crippen molar-refractivity contribution in [3.8, 4) is 6.07 Å². The van der Waals surface area contributed by atoms with Gasteiger partial charge in [0.2, 0.25) is 0 Å². The highest BCUT2D eigenvalue weighted by Crippen LogP contribution is 2.41. The van der Waals surface area contributed by atoms with E-state index >= 15 is 0 Å². The summed E-state index contributed by atoms with van der Waals surface area (Å²) in [5.41, 5.74) is 0. The Hall–Kier alpha value is -1.56. The minimum absolute atomic E-state index is 0.316. The lowest BCUT2D eigenvalue weighted by Gasteiger charge is -2.36. The van der Waals surface area contributed by atoms with E-state index in [2.05, 4.69) is 12.1 Å². The van der Waals surface area contributed by atoms with Gasteiger partial charge in [-0.05, 0) is 75.5 Å². The summed E-state index contributed by atoms with van der Waals surface area (Å²) in [7, 11) is 0. The molecular formula is C19H27NO2. The molecule has 0 aromatic rings. The van der Waals surface area contributed by atoms with Crippen LogP contribution in [0.3, 0.4) is 0 Å². The average molecular weight is 301 g/mol. The van der Waals surface area contributed by atoms with Gasteiger partial charge in [-0.1, -0.05) is 18.2 Å². The molecule has 0 bridgehead atoms. The zero-order valence-corrected chi connectivity index (χ0v) is 13.3. The van der Waals surface area contributed by atoms with Crippen LogP contribution in [0.1, 0.15) is 57.8 Å². The third-order valence-electron chi connectivity index (χ3n) is 5.47. The third kappa shape index (κ3) is 5.33. The molecule has 2 aliphatic carbocycles. The van der Waals surface area contributed by atoms with Crippen molar-refractivity contribution >= 4 is 5.97 Å². The highest BCUT2D eigenvalue weighted by Gasteiger charge is 2.30. The number of carboxylic acid groups (broad SMARTS) is 1. The van der Waals surface area contributed by atoms with Gasteiger partial charge in [0.1, 0.15) is 0 Å². The van der Waals surface area contributed by atoms with Crippen molar-refractivity contribution in [1.82, 2.24) is 0 Å². The summed E-state index contributed by atoms with van der Waals surface area (Å²) in [5, 5.41) is 17.5. The van der Waals surface area contributed by atoms with Crippen LogP contribution in [0.25, 0.3) is 0 Å². The number of nitrogens with zero attached hydrogens (tertiary/aromatic N) is 1. The summed E-state index contributed by atoms with van der Waals surface area (Å²) in [6.07, 6.45) is 17.8. The molecule has 120 valence electrons. The highest BCUT2D eigenvalue weighted by atomic mass is 16.4. The number of aliphatic carboxylic acids is 1. The molecule has 2 fully saturated rings. The van der Waals surface area contributed by atoms with E-state index < -0.39 is 5.97 Å². The molecule has 2 saturated carbocycles. The predicted octanol–water partition coefficient (Wildman–Crippen LogP) is 4.71. The predicted molar refractivity (Wildman–Crippen MR) is 87.0 cm³/mol. The van der Waals surface area contributed by atoms with Gasteiger partial charge in [0.25, 0.3) is 0 Å². The molecule has 0 heterocycles. The first-order valence-electron chi connectivity index (χ1n) is 8.64. The van der Waals surface area contributed by atoms with Crippen LogP contribution in [0, 0.1) is 35.0 Å². The topological polar surface area (TPSA) is 61.1 Å². The van der Waals surface area contributed by atoms with Gasteiger partial charge in [-0.2, -0.15) is 5.26 Å². The summed E-state index contributed by atoms with van der Waals surface area (Å²) < 4.78 is 0. The molecule has 3 nitrogen and oxygen atoms in total. The van der Waals surface area contributed by atoms with Crippen molar-refractivity contribution in [3.05, 3.63) is 24.3 Å². The van der Waals surface area contributed by atoms with Crippen LogP contribution in [-0.2, 0) is 4.79 Å². The molecule has 2 aliphatic rings. The Morgan fingerprint density at radius 1 is 1.00 bits per heavy atom. The van der Waals surface area contributed by atoms with Crippen molar-refractivity contribution in [2.75, 3.05) is 0 Å². The van der Waals surface area contributed by atoms with Crippen LogP contribution in [0.4, 0.5) is 0 Å². The van der Waals surface area contributed by atoms with E-state index in [9.17, 15) is 4.79 Å². The van der Waals surface area contributed by atoms with Gasteiger partial charge in [0, 0.05) is 12.0 Å². The van der Waals surface area contributed by atoms with Crippen LogP contribution in [0.5, 0.6) is 0 Å². The number of allylic oxidation sites excluding steroid dienone is 3. The van der Waals surface area contributed by atoms with E-state index in [0.29, 0.717) is 5.92 Å². The van der Waals surface area contributed by atoms with Gasteiger partial charge in [-0.15, -0.1) is 0 Å². The Morgan fingerprint density at radius 3 is 2.14 bits per heavy atom. The summed E-state index contributed by atoms with van der Waals surface area (Å²) in [6.45, 7) is 0. The van der Waals surface area contributed by atoms with Crippen LogP contribution in [0.2, 0.25) is 0 Å². The molecule has 0 amide bonds. The zero-order valence-electron chi connectivity index (χ0n) is 13.3. The highest BCUT2D eigenvalue weighted by molar-refractivity contribution is 5.80. The van der Waals surface area contributed by atoms with Crippen LogP contribution in [0.15, 0.2) is 24.3 Å². The Labute approximate surface area is 133 Å². The molecule has 3 heteroatoms. The molecule has 0 unspecified atom stereocenters. The minimum Gasteiger partial charge on any atom is -0.478 e. The molecule has 2 rings (SSSR count). The minimum atomic E-state index is -0.892. The van der Waals surface area contributed by atoms with E-state index in [1.165, 1.54) is 44.6 Å². The van der Waals surface area contributed by atoms with Gasteiger partial charge < -0.3 is 5.11 Å². The lowest BCUT2D eigenvalue weighted by molar-refractivity contribution is -0.131. The summed E-state index contributed by atoms with van der Waals surface area (Å²) in [6, 6.07) is 2.43. The Balaban J connectivity index is 1.66. The molecule has 1 N–H and O–H groups in total. The second-order valence-electron chi connectivity index (χ2n) is 6.88. The fraction of sp³-hybridized carbons (Fsp3) is 0.684. The number of rotatable bonds is 5. The molecule has 0 spiro atoms. The van der Waals surface area contributed by atoms with Gasteiger partial charge in [0.05, 0.1) is 6.07 Å². The number of nitriles is 1. The number of hydrogen-bond acceptors (Lipinski definition) is 2. The molecule has 0 saturated heterocycles. The molecule has 0 aromatic carbocycles. The lowest BCUT2D eigenvalue weighted by Crippen LogP contribution is -2.25. The Kier molecular flexibility index (Phi) is 6.71. The fourth-order valence-corrected chi connectivity index (χ4v) is 4.10. The maximum atomic E-state index is 10.4. The van der Waals surface area contributed by atoms with Gasteiger partial charge in [-0.3, -0.25) is 0 Å². The smallest absolute Gasteiger partial charge is 0.328 e. The molecule has 0 atom stereocenters. The largest absolute Gasteiger partial charge is 0.478 e. The van der Waals surface area contributed by atoms with E-state index in [1.807, 2.05) is 6.08 Å². The molecule has 0 radical (unpaired) electrons. The zero-order chi connectivity index (χ0) is 15.8. The second-order valence-corrected chi connectivity index (χ2v) is 6.88. The maximum Gasteiger partial charge on any atom is 0.328 e. The Bertz CT molecular complexity index is 445. The normalized spacial score (nSPS) is 33.0. The summed E-state index contributed by atoms with van der Waals surface area (Å²) in [4.78, 5) is 10.4. The lowest BCUT2D eigenvalue weighted by atomic mass is 9.69. The molecule has 0 aromatic heterocycles. The number of hydrogen-bond donors (Lipinski definition) is 1. The Morgan fingerprint density at radius 2 is 1.59 bits per heavy atom. The van der Waals surface area contributed by atoms with Gasteiger partial charge in [0.15, 0.2) is 0 Å². The van der Waals surface area contributed by atoms with E-state index in [-0.39, 0.29) is 0 Å². The quantitative estimate of drug-likeness (QED) is 0.591. The maximum absolute atomic E-state index is 10.4.